The number of morpholine rings is 1. The van der Waals surface area contributed by atoms with Gasteiger partial charge in [0.25, 0.3) is 0 Å². The fraction of sp³-hybridized carbons (Fsp3) is 0.500. The van der Waals surface area contributed by atoms with Crippen molar-refractivity contribution >= 4 is 35.6 Å². The number of nitrogens with zero attached hydrogens (tertiary/aromatic N) is 2. The predicted molar refractivity (Wildman–Crippen MR) is 110 cm³/mol. The highest BCUT2D eigenvalue weighted by Gasteiger charge is 2.15. The first-order chi connectivity index (χ1) is 11.8. The van der Waals surface area contributed by atoms with Crippen LogP contribution in [0.5, 0.6) is 0 Å². The molecule has 0 bridgehead atoms. The van der Waals surface area contributed by atoms with E-state index in [1.54, 1.807) is 13.1 Å². The highest BCUT2D eigenvalue weighted by Crippen LogP contribution is 2.21. The van der Waals surface area contributed by atoms with Crippen molar-refractivity contribution in [2.45, 2.75) is 25.4 Å². The first-order valence-corrected chi connectivity index (χ1v) is 8.49. The molecular formula is C18H26FIN4O. The largest absolute Gasteiger partial charge is 0.378 e. The maximum Gasteiger partial charge on any atom is 0.191 e. The number of benzene rings is 1. The molecule has 5 nitrogen and oxygen atoms in total. The summed E-state index contributed by atoms with van der Waals surface area (Å²) in [4.78, 5) is 6.26. The van der Waals surface area contributed by atoms with Crippen LogP contribution in [0.3, 0.4) is 0 Å². The summed E-state index contributed by atoms with van der Waals surface area (Å²) in [5.41, 5.74) is 1.55. The third kappa shape index (κ3) is 5.57. The molecule has 1 aliphatic heterocycles. The minimum absolute atomic E-state index is 0. The van der Waals surface area contributed by atoms with Crippen LogP contribution in [0.15, 0.2) is 35.3 Å². The molecular weight excluding hydrogens is 434 g/mol. The molecule has 25 heavy (non-hydrogen) atoms. The molecule has 2 N–H and O–H groups in total. The second-order valence-electron chi connectivity index (χ2n) is 6.10. The summed E-state index contributed by atoms with van der Waals surface area (Å²) in [6.07, 6.45) is 6.38. The van der Waals surface area contributed by atoms with Crippen molar-refractivity contribution in [1.82, 2.24) is 10.6 Å². The summed E-state index contributed by atoms with van der Waals surface area (Å²) < 4.78 is 19.7. The lowest BCUT2D eigenvalue weighted by molar-refractivity contribution is 0.122. The lowest BCUT2D eigenvalue weighted by atomic mass is 10.1. The summed E-state index contributed by atoms with van der Waals surface area (Å²) in [5.74, 6) is 0.570. The van der Waals surface area contributed by atoms with Crippen LogP contribution in [-0.4, -0.2) is 45.4 Å². The van der Waals surface area contributed by atoms with Gasteiger partial charge in [-0.25, -0.2) is 4.39 Å². The van der Waals surface area contributed by atoms with Crippen molar-refractivity contribution in [1.29, 1.82) is 0 Å². The van der Waals surface area contributed by atoms with Crippen LogP contribution in [0, 0.1) is 5.82 Å². The molecule has 0 amide bonds. The molecule has 2 aliphatic rings. The van der Waals surface area contributed by atoms with Crippen molar-refractivity contribution < 1.29 is 9.13 Å². The zero-order valence-electron chi connectivity index (χ0n) is 14.5. The van der Waals surface area contributed by atoms with Gasteiger partial charge in [0.2, 0.25) is 0 Å². The summed E-state index contributed by atoms with van der Waals surface area (Å²) in [6.45, 7) is 3.32. The first kappa shape index (κ1) is 20.0. The number of anilines is 1. The van der Waals surface area contributed by atoms with Crippen molar-refractivity contribution in [2.24, 2.45) is 4.99 Å². The number of aliphatic imine (C=N–C) groups is 1. The number of halogens is 2. The number of guanidine groups is 1. The molecule has 1 aromatic carbocycles. The molecule has 0 saturated carbocycles. The molecule has 1 saturated heterocycles. The van der Waals surface area contributed by atoms with Gasteiger partial charge in [-0.05, 0) is 30.5 Å². The van der Waals surface area contributed by atoms with Crippen LogP contribution in [0.2, 0.25) is 0 Å². The molecule has 0 unspecified atom stereocenters. The van der Waals surface area contributed by atoms with E-state index in [0.29, 0.717) is 31.5 Å². The maximum atomic E-state index is 14.4. The van der Waals surface area contributed by atoms with E-state index in [4.69, 9.17) is 4.74 Å². The van der Waals surface area contributed by atoms with Gasteiger partial charge in [-0.15, -0.1) is 24.0 Å². The first-order valence-electron chi connectivity index (χ1n) is 8.49. The Labute approximate surface area is 165 Å². The monoisotopic (exact) mass is 460 g/mol. The minimum atomic E-state index is -0.181. The fourth-order valence-corrected chi connectivity index (χ4v) is 3.03. The van der Waals surface area contributed by atoms with Gasteiger partial charge in [-0.1, -0.05) is 18.2 Å². The topological polar surface area (TPSA) is 48.9 Å². The Hall–Kier alpha value is -1.35. The van der Waals surface area contributed by atoms with Crippen molar-refractivity contribution in [2.75, 3.05) is 38.3 Å². The molecule has 1 aliphatic carbocycles. The Morgan fingerprint density at radius 2 is 2.00 bits per heavy atom. The van der Waals surface area contributed by atoms with Gasteiger partial charge in [0, 0.05) is 32.7 Å². The lowest BCUT2D eigenvalue weighted by Crippen LogP contribution is -2.42. The summed E-state index contributed by atoms with van der Waals surface area (Å²) >= 11 is 0. The number of hydrogen-bond donors (Lipinski definition) is 2. The van der Waals surface area contributed by atoms with E-state index in [-0.39, 0.29) is 29.8 Å². The predicted octanol–water partition coefficient (Wildman–Crippen LogP) is 2.66. The van der Waals surface area contributed by atoms with E-state index >= 15 is 0 Å². The van der Waals surface area contributed by atoms with Gasteiger partial charge in [-0.3, -0.25) is 4.99 Å². The number of nitrogens with one attached hydrogen (secondary N) is 2. The Kier molecular flexibility index (Phi) is 7.95. The highest BCUT2D eigenvalue weighted by atomic mass is 127. The van der Waals surface area contributed by atoms with Gasteiger partial charge in [0.1, 0.15) is 5.82 Å². The third-order valence-electron chi connectivity index (χ3n) is 4.40. The molecule has 0 radical (unpaired) electrons. The quantitative estimate of drug-likeness (QED) is 0.314. The average molecular weight is 460 g/mol. The Morgan fingerprint density at radius 1 is 1.28 bits per heavy atom. The van der Waals surface area contributed by atoms with Gasteiger partial charge in [-0.2, -0.15) is 0 Å². The Bertz CT molecular complexity index is 609. The third-order valence-corrected chi connectivity index (χ3v) is 4.40. The molecule has 1 aromatic rings. The van der Waals surface area contributed by atoms with Gasteiger partial charge in [0.05, 0.1) is 18.9 Å². The summed E-state index contributed by atoms with van der Waals surface area (Å²) in [6, 6.07) is 5.82. The molecule has 0 aromatic heterocycles. The SMILES string of the molecule is CN=C(NCc1ccc(N2CCOCC2)c(F)c1)NC1CC=CC1.I. The lowest BCUT2D eigenvalue weighted by Gasteiger charge is -2.29. The fourth-order valence-electron chi connectivity index (χ4n) is 3.03. The normalized spacial score (nSPS) is 18.2. The van der Waals surface area contributed by atoms with Crippen LogP contribution in [0.4, 0.5) is 10.1 Å². The average Bonchev–Trinajstić information content (AvgIpc) is 3.12. The minimum Gasteiger partial charge on any atom is -0.378 e. The van der Waals surface area contributed by atoms with E-state index in [1.165, 1.54) is 0 Å². The van der Waals surface area contributed by atoms with Crippen molar-refractivity contribution in [3.05, 3.63) is 41.7 Å². The van der Waals surface area contributed by atoms with Gasteiger partial charge >= 0.3 is 0 Å². The van der Waals surface area contributed by atoms with Gasteiger partial charge in [0.15, 0.2) is 5.96 Å². The molecule has 0 atom stereocenters. The number of rotatable bonds is 4. The maximum absolute atomic E-state index is 14.4. The second-order valence-corrected chi connectivity index (χ2v) is 6.10. The van der Waals surface area contributed by atoms with Crippen LogP contribution in [-0.2, 0) is 11.3 Å². The smallest absolute Gasteiger partial charge is 0.191 e. The molecule has 0 spiro atoms. The standard InChI is InChI=1S/C18H25FN4O.HI/c1-20-18(22-15-4-2-3-5-15)21-13-14-6-7-17(16(19)12-14)23-8-10-24-11-9-23;/h2-3,6-7,12,15H,4-5,8-11,13H2,1H3,(H2,20,21,22);1H. The van der Waals surface area contributed by atoms with Crippen LogP contribution in [0.1, 0.15) is 18.4 Å². The molecule has 1 fully saturated rings. The zero-order valence-corrected chi connectivity index (χ0v) is 16.8. The van der Waals surface area contributed by atoms with Crippen LogP contribution < -0.4 is 15.5 Å². The molecule has 1 heterocycles. The number of hydrogen-bond acceptors (Lipinski definition) is 3. The zero-order chi connectivity index (χ0) is 16.8. The molecule has 7 heteroatoms. The molecule has 3 rings (SSSR count). The summed E-state index contributed by atoms with van der Waals surface area (Å²) in [5, 5.41) is 6.62. The van der Waals surface area contributed by atoms with E-state index in [9.17, 15) is 4.39 Å². The summed E-state index contributed by atoms with van der Waals surface area (Å²) in [7, 11) is 1.75. The van der Waals surface area contributed by atoms with Crippen molar-refractivity contribution in [3.8, 4) is 0 Å². The van der Waals surface area contributed by atoms with E-state index in [2.05, 4.69) is 27.8 Å². The van der Waals surface area contributed by atoms with E-state index in [1.807, 2.05) is 17.0 Å². The van der Waals surface area contributed by atoms with E-state index < -0.39 is 0 Å². The van der Waals surface area contributed by atoms with Crippen LogP contribution in [0.25, 0.3) is 0 Å². The van der Waals surface area contributed by atoms with E-state index in [0.717, 1.165) is 37.5 Å². The second kappa shape index (κ2) is 9.96. The Balaban J connectivity index is 0.00000225. The van der Waals surface area contributed by atoms with Crippen LogP contribution >= 0.6 is 24.0 Å². The van der Waals surface area contributed by atoms with Gasteiger partial charge < -0.3 is 20.3 Å². The number of ether oxygens (including phenoxy) is 1. The molecule has 138 valence electrons. The highest BCUT2D eigenvalue weighted by molar-refractivity contribution is 14.0. The Morgan fingerprint density at radius 3 is 2.64 bits per heavy atom. The van der Waals surface area contributed by atoms with Crippen molar-refractivity contribution in [3.63, 3.8) is 0 Å².